The Bertz CT molecular complexity index is 1710. The molecule has 6 N–H and O–H groups in total. The van der Waals surface area contributed by atoms with Crippen LogP contribution in [0.25, 0.3) is 0 Å². The van der Waals surface area contributed by atoms with Crippen LogP contribution in [0.2, 0.25) is 24.2 Å². The average molecular weight is 1280 g/mol. The van der Waals surface area contributed by atoms with Gasteiger partial charge in [0.1, 0.15) is 0 Å². The molecule has 28 nitrogen and oxygen atoms in total. The highest BCUT2D eigenvalue weighted by atomic mass is 28.4. The average Bonchev–Trinajstić information content (AvgIpc) is 3.54. The van der Waals surface area contributed by atoms with E-state index in [1.54, 1.807) is 90.2 Å². The summed E-state index contributed by atoms with van der Waals surface area (Å²) < 4.78 is 65.1. The van der Waals surface area contributed by atoms with E-state index in [0.717, 1.165) is 70.6 Å². The molecule has 0 saturated carbocycles. The number of rotatable bonds is 49. The van der Waals surface area contributed by atoms with Gasteiger partial charge in [0, 0.05) is 196 Å². The molecule has 0 aliphatic heterocycles. The van der Waals surface area contributed by atoms with Gasteiger partial charge >= 0.3 is 59.3 Å². The van der Waals surface area contributed by atoms with Crippen molar-refractivity contribution in [2.45, 2.75) is 148 Å². The van der Waals surface area contributed by atoms with Crippen molar-refractivity contribution in [1.82, 2.24) is 46.6 Å². The van der Waals surface area contributed by atoms with Crippen molar-refractivity contribution >= 4 is 77.1 Å². The molecule has 11 amide bonds. The second-order valence-electron chi connectivity index (χ2n) is 19.5. The highest BCUT2D eigenvalue weighted by Crippen LogP contribution is 2.19. The quantitative estimate of drug-likeness (QED) is 0.0333. The molecular formula is C52H111N9O19Si4. The fourth-order valence-corrected chi connectivity index (χ4v) is 15.5. The maximum atomic E-state index is 13.0. The molecule has 0 atom stereocenters. The monoisotopic (exact) mass is 1280 g/mol. The van der Waals surface area contributed by atoms with Gasteiger partial charge in [-0.1, -0.05) is 38.5 Å². The minimum atomic E-state index is -2.72. The van der Waals surface area contributed by atoms with E-state index < -0.39 is 35.2 Å². The molecule has 84 heavy (non-hydrogen) atoms. The highest BCUT2D eigenvalue weighted by molar-refractivity contribution is 6.61. The van der Waals surface area contributed by atoms with Crippen LogP contribution in [0.5, 0.6) is 0 Å². The molecule has 0 radical (unpaired) electrons. The van der Waals surface area contributed by atoms with E-state index in [0.29, 0.717) is 122 Å². The molecule has 0 spiro atoms. The van der Waals surface area contributed by atoms with Gasteiger partial charge in [-0.05, 0) is 64.2 Å². The zero-order chi connectivity index (χ0) is 63.7. The van der Waals surface area contributed by atoms with Gasteiger partial charge in [-0.2, -0.15) is 0 Å². The first-order chi connectivity index (χ1) is 40.2. The Morgan fingerprint density at radius 3 is 0.798 bits per heavy atom. The lowest BCUT2D eigenvalue weighted by Crippen LogP contribution is -2.46. The van der Waals surface area contributed by atoms with Crippen LogP contribution >= 0.6 is 0 Å². The number of unbranched alkanes of at least 4 members (excludes halogenated alkanes) is 9. The van der Waals surface area contributed by atoms with Crippen molar-refractivity contribution in [3.63, 3.8) is 0 Å². The first-order valence-corrected chi connectivity index (χ1v) is 36.9. The Morgan fingerprint density at radius 2 is 0.512 bits per heavy atom. The number of nitrogens with zero attached hydrogens (tertiary/aromatic N) is 3. The van der Waals surface area contributed by atoms with Crippen molar-refractivity contribution < 1.29 is 86.7 Å². The van der Waals surface area contributed by atoms with Gasteiger partial charge in [-0.15, -0.1) is 0 Å². The van der Waals surface area contributed by atoms with Crippen LogP contribution in [0, 0.1) is 0 Å². The number of carbonyl (C=O) groups excluding carboxylic acids is 7. The molecule has 0 fully saturated rings. The fraction of sp³-hybridized carbons (Fsp3) is 0.865. The minimum absolute atomic E-state index is 0.140. The number of hydrogen-bond donors (Lipinski definition) is 6. The van der Waals surface area contributed by atoms with E-state index >= 15 is 0 Å². The zero-order valence-electron chi connectivity index (χ0n) is 53.8. The van der Waals surface area contributed by atoms with Crippen LogP contribution in [0.15, 0.2) is 0 Å². The molecule has 0 aliphatic rings. The van der Waals surface area contributed by atoms with Crippen LogP contribution < -0.4 is 31.9 Å². The van der Waals surface area contributed by atoms with E-state index in [-0.39, 0.29) is 41.8 Å². The van der Waals surface area contributed by atoms with Gasteiger partial charge in [0.15, 0.2) is 0 Å². The summed E-state index contributed by atoms with van der Waals surface area (Å²) in [6.45, 7) is 9.11. The first-order valence-electron chi connectivity index (χ1n) is 29.2. The number of amides is 11. The Labute approximate surface area is 506 Å². The lowest BCUT2D eigenvalue weighted by atomic mass is 10.2. The summed E-state index contributed by atoms with van der Waals surface area (Å²) in [5, 5.41) is 17.1. The van der Waals surface area contributed by atoms with Gasteiger partial charge in [-0.3, -0.25) is 24.2 Å². The smallest absolute Gasteiger partial charge is 0.377 e. The highest BCUT2D eigenvalue weighted by Gasteiger charge is 2.40. The number of hydrogen-bond acceptors (Lipinski definition) is 19. The SMILES string of the molecule is CO[Si](CCCN(CCC[Si](OC)(OC)OC)C(=O)NCCCCCCN(C(C)=O)C(C)=O)(OC)OC.CO[Si](CCCNC(=O)NCCCCCCNC(=O)N(CCCCCCNC(=O)NCCC[Si](OC)(OC)OC)C(C)=O)(OC)OC. The van der Waals surface area contributed by atoms with Gasteiger partial charge in [0.25, 0.3) is 0 Å². The van der Waals surface area contributed by atoms with Crippen molar-refractivity contribution in [3.05, 3.63) is 0 Å². The predicted molar refractivity (Wildman–Crippen MR) is 327 cm³/mol. The Hall–Kier alpha value is -3.72. The maximum absolute atomic E-state index is 13.0. The summed E-state index contributed by atoms with van der Waals surface area (Å²) in [4.78, 5) is 88.6. The fourth-order valence-electron chi connectivity index (χ4n) is 8.69. The van der Waals surface area contributed by atoms with E-state index in [1.807, 2.05) is 0 Å². The lowest BCUT2D eigenvalue weighted by molar-refractivity contribution is -0.142. The van der Waals surface area contributed by atoms with E-state index in [2.05, 4.69) is 31.9 Å². The molecule has 0 aliphatic carbocycles. The molecule has 0 bridgehead atoms. The van der Waals surface area contributed by atoms with Gasteiger partial charge < -0.3 is 89.9 Å². The van der Waals surface area contributed by atoms with E-state index in [1.165, 1.54) is 30.6 Å². The summed E-state index contributed by atoms with van der Waals surface area (Å²) >= 11 is 0. The van der Waals surface area contributed by atoms with Crippen LogP contribution in [0.4, 0.5) is 19.2 Å². The summed E-state index contributed by atoms with van der Waals surface area (Å²) in [6.07, 6.45) is 12.6. The number of nitrogens with one attached hydrogen (secondary N) is 6. The largest absolute Gasteiger partial charge is 0.500 e. The van der Waals surface area contributed by atoms with Crippen LogP contribution in [-0.2, 0) is 67.5 Å². The number of carbonyl (C=O) groups is 7. The van der Waals surface area contributed by atoms with Crippen molar-refractivity contribution in [3.8, 4) is 0 Å². The standard InChI is InChI=1S/C29H62N6O10Si2.C23H49N3O9Si2/c1-26(36)35(23-15-11-10-13-19-31-28(38)33-22-17-25-47(43-5,44-6)45-7)29(39)34-20-14-9-8-12-18-30-27(37)32-21-16-24-46(40-2,41-3)42-4;1-21(27)26(22(2)28)18-12-10-9-11-15-24-23(29)25(16-13-19-36(30-3,31-4)32-5)17-14-20-37(33-6,34-7)35-8/h8-25H2,1-7H3,(H,34,39)(H2,30,32,37)(H2,31,33,38);9-20H2,1-8H3,(H,24,29). The van der Waals surface area contributed by atoms with Gasteiger partial charge in [0.05, 0.1) is 0 Å². The lowest BCUT2D eigenvalue weighted by Gasteiger charge is -2.28. The normalized spacial score (nSPS) is 11.7. The van der Waals surface area contributed by atoms with Crippen molar-refractivity contribution in [2.75, 3.05) is 151 Å². The Kier molecular flexibility index (Phi) is 49.3. The third-order valence-corrected chi connectivity index (χ3v) is 25.3. The number of imide groups is 2. The van der Waals surface area contributed by atoms with Crippen LogP contribution in [-0.4, -0.2) is 243 Å². The van der Waals surface area contributed by atoms with E-state index in [4.69, 9.17) is 53.1 Å². The molecule has 0 aromatic rings. The minimum Gasteiger partial charge on any atom is -0.377 e. The van der Waals surface area contributed by atoms with Crippen LogP contribution in [0.3, 0.4) is 0 Å². The van der Waals surface area contributed by atoms with Crippen molar-refractivity contribution in [1.29, 1.82) is 0 Å². The van der Waals surface area contributed by atoms with E-state index in [9.17, 15) is 33.6 Å². The molecule has 494 valence electrons. The molecule has 32 heteroatoms. The third-order valence-electron chi connectivity index (χ3n) is 14.0. The summed E-state index contributed by atoms with van der Waals surface area (Å²) in [5.41, 5.74) is 0. The summed E-state index contributed by atoms with van der Waals surface area (Å²) in [6, 6.07) is 1.44. The summed E-state index contributed by atoms with van der Waals surface area (Å²) in [7, 11) is 8.15. The Morgan fingerprint density at radius 1 is 0.274 bits per heavy atom. The number of urea groups is 4. The maximum Gasteiger partial charge on any atom is 0.500 e. The first kappa shape index (κ1) is 82.3. The van der Waals surface area contributed by atoms with Crippen LogP contribution in [0.1, 0.15) is 124 Å². The van der Waals surface area contributed by atoms with Crippen molar-refractivity contribution in [2.24, 2.45) is 0 Å². The zero-order valence-corrected chi connectivity index (χ0v) is 57.8. The molecule has 0 aromatic carbocycles. The molecule has 0 unspecified atom stereocenters. The van der Waals surface area contributed by atoms with Gasteiger partial charge in [-0.25, -0.2) is 19.2 Å². The molecule has 0 aromatic heterocycles. The summed E-state index contributed by atoms with van der Waals surface area (Å²) in [5.74, 6) is -0.755. The Balaban J connectivity index is 0. The third kappa shape index (κ3) is 36.4. The molecule has 0 heterocycles. The topological polar surface area (TPSA) is 312 Å². The second-order valence-corrected chi connectivity index (χ2v) is 31.9. The van der Waals surface area contributed by atoms with Gasteiger partial charge in [0.2, 0.25) is 17.7 Å². The molecular weight excluding hydrogens is 1170 g/mol. The second kappa shape index (κ2) is 50.3. The molecule has 0 saturated heterocycles. The molecule has 0 rings (SSSR count). The predicted octanol–water partition coefficient (Wildman–Crippen LogP) is 5.29.